The van der Waals surface area contributed by atoms with Gasteiger partial charge in [-0.15, -0.1) is 11.6 Å². The van der Waals surface area contributed by atoms with E-state index in [-0.39, 0.29) is 17.0 Å². The van der Waals surface area contributed by atoms with E-state index < -0.39 is 0 Å². The third-order valence-corrected chi connectivity index (χ3v) is 4.40. The molecule has 1 aromatic carbocycles. The van der Waals surface area contributed by atoms with Crippen LogP contribution in [-0.2, 0) is 0 Å². The summed E-state index contributed by atoms with van der Waals surface area (Å²) < 4.78 is 0.774. The lowest BCUT2D eigenvalue weighted by Gasteiger charge is -2.34. The molecule has 1 N–H and O–H groups in total. The number of alkyl halides is 1. The number of halogens is 2. The molecule has 0 aromatic heterocycles. The van der Waals surface area contributed by atoms with Crippen molar-refractivity contribution in [2.75, 3.05) is 13.1 Å². The van der Waals surface area contributed by atoms with Crippen LogP contribution in [0.5, 0.6) is 5.75 Å². The van der Waals surface area contributed by atoms with Gasteiger partial charge in [0.15, 0.2) is 0 Å². The number of hydrogen-bond acceptors (Lipinski definition) is 2. The Bertz CT molecular complexity index is 466. The molecule has 0 aliphatic carbocycles. The van der Waals surface area contributed by atoms with E-state index in [0.29, 0.717) is 24.6 Å². The highest BCUT2D eigenvalue weighted by molar-refractivity contribution is 9.10. The van der Waals surface area contributed by atoms with Crippen molar-refractivity contribution in [3.63, 3.8) is 0 Å². The standard InChI is InChI=1S/C13H15BrClNO2/c1-8-4-5-16(7-11(8)15)13(18)10-6-9(14)2-3-12(10)17/h2-3,6,8,11,17H,4-5,7H2,1H3. The highest BCUT2D eigenvalue weighted by Crippen LogP contribution is 2.27. The fourth-order valence-electron chi connectivity index (χ4n) is 2.06. The zero-order valence-corrected chi connectivity index (χ0v) is 12.4. The van der Waals surface area contributed by atoms with Gasteiger partial charge in [-0.2, -0.15) is 0 Å². The summed E-state index contributed by atoms with van der Waals surface area (Å²) in [7, 11) is 0. The molecule has 0 radical (unpaired) electrons. The Morgan fingerprint density at radius 3 is 2.94 bits per heavy atom. The zero-order valence-electron chi connectivity index (χ0n) is 10.1. The molecular weight excluding hydrogens is 318 g/mol. The predicted octanol–water partition coefficient (Wildman–Crippen LogP) is 3.24. The summed E-state index contributed by atoms with van der Waals surface area (Å²) in [6.45, 7) is 3.32. The summed E-state index contributed by atoms with van der Waals surface area (Å²) in [4.78, 5) is 14.0. The second-order valence-electron chi connectivity index (χ2n) is 4.69. The van der Waals surface area contributed by atoms with Crippen LogP contribution in [0, 0.1) is 5.92 Å². The number of nitrogens with zero attached hydrogens (tertiary/aromatic N) is 1. The smallest absolute Gasteiger partial charge is 0.257 e. The lowest BCUT2D eigenvalue weighted by molar-refractivity contribution is 0.0698. The van der Waals surface area contributed by atoms with E-state index in [1.807, 2.05) is 0 Å². The minimum Gasteiger partial charge on any atom is -0.507 e. The van der Waals surface area contributed by atoms with E-state index in [1.165, 1.54) is 6.07 Å². The molecule has 1 heterocycles. The van der Waals surface area contributed by atoms with E-state index in [2.05, 4.69) is 22.9 Å². The predicted molar refractivity (Wildman–Crippen MR) is 75.1 cm³/mol. The summed E-state index contributed by atoms with van der Waals surface area (Å²) in [5.41, 5.74) is 0.322. The Morgan fingerprint density at radius 1 is 1.56 bits per heavy atom. The van der Waals surface area contributed by atoms with Crippen molar-refractivity contribution in [3.8, 4) is 5.75 Å². The third kappa shape index (κ3) is 2.81. The van der Waals surface area contributed by atoms with E-state index in [1.54, 1.807) is 17.0 Å². The van der Waals surface area contributed by atoms with Crippen molar-refractivity contribution in [1.82, 2.24) is 4.90 Å². The van der Waals surface area contributed by atoms with Crippen LogP contribution in [0.1, 0.15) is 23.7 Å². The van der Waals surface area contributed by atoms with E-state index in [9.17, 15) is 9.90 Å². The summed E-state index contributed by atoms with van der Waals surface area (Å²) >= 11 is 9.50. The largest absolute Gasteiger partial charge is 0.507 e. The number of likely N-dealkylation sites (tertiary alicyclic amines) is 1. The van der Waals surface area contributed by atoms with E-state index >= 15 is 0 Å². The van der Waals surface area contributed by atoms with Gasteiger partial charge < -0.3 is 10.0 Å². The Kier molecular flexibility index (Phi) is 4.17. The number of carbonyl (C=O) groups excluding carboxylic acids is 1. The molecule has 0 spiro atoms. The van der Waals surface area contributed by atoms with E-state index in [4.69, 9.17) is 11.6 Å². The molecule has 1 aliphatic heterocycles. The van der Waals surface area contributed by atoms with Gasteiger partial charge in [0.25, 0.3) is 5.91 Å². The monoisotopic (exact) mass is 331 g/mol. The van der Waals surface area contributed by atoms with Crippen molar-refractivity contribution in [3.05, 3.63) is 28.2 Å². The van der Waals surface area contributed by atoms with Crippen LogP contribution in [0.25, 0.3) is 0 Å². The van der Waals surface area contributed by atoms with Crippen LogP contribution in [0.4, 0.5) is 0 Å². The highest BCUT2D eigenvalue weighted by atomic mass is 79.9. The lowest BCUT2D eigenvalue weighted by atomic mass is 9.98. The van der Waals surface area contributed by atoms with Gasteiger partial charge in [-0.05, 0) is 30.5 Å². The molecule has 2 unspecified atom stereocenters. The molecule has 1 aromatic rings. The molecule has 1 saturated heterocycles. The number of hydrogen-bond donors (Lipinski definition) is 1. The van der Waals surface area contributed by atoms with Gasteiger partial charge in [-0.1, -0.05) is 22.9 Å². The number of phenolic OH excluding ortho intramolecular Hbond substituents is 1. The van der Waals surface area contributed by atoms with Crippen LogP contribution >= 0.6 is 27.5 Å². The van der Waals surface area contributed by atoms with Crippen molar-refractivity contribution in [2.24, 2.45) is 5.92 Å². The maximum Gasteiger partial charge on any atom is 0.257 e. The third-order valence-electron chi connectivity index (χ3n) is 3.34. The quantitative estimate of drug-likeness (QED) is 0.802. The van der Waals surface area contributed by atoms with Gasteiger partial charge in [0.05, 0.1) is 10.9 Å². The first kappa shape index (κ1) is 13.7. The van der Waals surface area contributed by atoms with Crippen LogP contribution in [0.2, 0.25) is 0 Å². The van der Waals surface area contributed by atoms with Gasteiger partial charge in [-0.3, -0.25) is 4.79 Å². The summed E-state index contributed by atoms with van der Waals surface area (Å²) in [6.07, 6.45) is 0.897. The molecule has 18 heavy (non-hydrogen) atoms. The molecule has 2 rings (SSSR count). The number of piperidine rings is 1. The maximum atomic E-state index is 12.3. The van der Waals surface area contributed by atoms with Crippen molar-refractivity contribution in [1.29, 1.82) is 0 Å². The Hall–Kier alpha value is -0.740. The van der Waals surface area contributed by atoms with Crippen LogP contribution in [0.3, 0.4) is 0 Å². The fourth-order valence-corrected chi connectivity index (χ4v) is 2.71. The molecule has 2 atom stereocenters. The molecule has 1 aliphatic rings. The molecule has 3 nitrogen and oxygen atoms in total. The van der Waals surface area contributed by atoms with Crippen molar-refractivity contribution >= 4 is 33.4 Å². The van der Waals surface area contributed by atoms with Crippen LogP contribution < -0.4 is 0 Å². The normalized spacial score (nSPS) is 24.1. The SMILES string of the molecule is CC1CCN(C(=O)c2cc(Br)ccc2O)CC1Cl. The van der Waals surface area contributed by atoms with Gasteiger partial charge in [0.2, 0.25) is 0 Å². The fraction of sp³-hybridized carbons (Fsp3) is 0.462. The average Bonchev–Trinajstić information content (AvgIpc) is 2.35. The molecule has 5 heteroatoms. The number of aromatic hydroxyl groups is 1. The molecule has 0 saturated carbocycles. The Balaban J connectivity index is 2.19. The number of carbonyl (C=O) groups is 1. The van der Waals surface area contributed by atoms with Gasteiger partial charge >= 0.3 is 0 Å². The van der Waals surface area contributed by atoms with E-state index in [0.717, 1.165) is 10.9 Å². The van der Waals surface area contributed by atoms with Crippen LogP contribution in [0.15, 0.2) is 22.7 Å². The first-order chi connectivity index (χ1) is 8.49. The Morgan fingerprint density at radius 2 is 2.28 bits per heavy atom. The molecule has 0 bridgehead atoms. The zero-order chi connectivity index (χ0) is 13.3. The number of rotatable bonds is 1. The van der Waals surface area contributed by atoms with Crippen molar-refractivity contribution < 1.29 is 9.90 Å². The minimum atomic E-state index is -0.161. The lowest BCUT2D eigenvalue weighted by Crippen LogP contribution is -2.43. The van der Waals surface area contributed by atoms with Gasteiger partial charge in [0, 0.05) is 17.6 Å². The molecule has 1 amide bonds. The number of benzene rings is 1. The van der Waals surface area contributed by atoms with Gasteiger partial charge in [0.1, 0.15) is 5.75 Å². The number of phenols is 1. The second kappa shape index (κ2) is 5.49. The van der Waals surface area contributed by atoms with Gasteiger partial charge in [-0.25, -0.2) is 0 Å². The average molecular weight is 333 g/mol. The Labute approximate surface area is 120 Å². The first-order valence-electron chi connectivity index (χ1n) is 5.91. The minimum absolute atomic E-state index is 0.00736. The maximum absolute atomic E-state index is 12.3. The topological polar surface area (TPSA) is 40.5 Å². The first-order valence-corrected chi connectivity index (χ1v) is 7.14. The molecule has 1 fully saturated rings. The summed E-state index contributed by atoms with van der Waals surface area (Å²) in [5.74, 6) is 0.270. The van der Waals surface area contributed by atoms with Crippen LogP contribution in [-0.4, -0.2) is 34.4 Å². The molecule has 98 valence electrons. The molecular formula is C13H15BrClNO2. The highest BCUT2D eigenvalue weighted by Gasteiger charge is 2.28. The number of amides is 1. The van der Waals surface area contributed by atoms with Crippen molar-refractivity contribution in [2.45, 2.75) is 18.7 Å². The summed E-state index contributed by atoms with van der Waals surface area (Å²) in [5, 5.41) is 9.74. The summed E-state index contributed by atoms with van der Waals surface area (Å²) in [6, 6.07) is 4.86. The second-order valence-corrected chi connectivity index (χ2v) is 6.17.